The van der Waals surface area contributed by atoms with Gasteiger partial charge in [0, 0.05) is 54.1 Å². The molecular formula is C48H67N9O4S. The number of piperidine rings is 1. The van der Waals surface area contributed by atoms with Crippen molar-refractivity contribution in [3.63, 3.8) is 0 Å². The summed E-state index contributed by atoms with van der Waals surface area (Å²) in [6.45, 7) is 17.3. The van der Waals surface area contributed by atoms with Crippen molar-refractivity contribution in [3.8, 4) is 0 Å². The Morgan fingerprint density at radius 1 is 1.06 bits per heavy atom. The summed E-state index contributed by atoms with van der Waals surface area (Å²) >= 11 is 1.48. The summed E-state index contributed by atoms with van der Waals surface area (Å²) < 4.78 is 10.2. The highest BCUT2D eigenvalue weighted by molar-refractivity contribution is 7.22. The van der Waals surface area contributed by atoms with Crippen LogP contribution in [0.5, 0.6) is 0 Å². The lowest BCUT2D eigenvalue weighted by molar-refractivity contribution is -0.253. The number of aliphatic imine (C=N–C) groups is 1. The van der Waals surface area contributed by atoms with E-state index in [0.717, 1.165) is 104 Å². The van der Waals surface area contributed by atoms with Gasteiger partial charge >= 0.3 is 0 Å². The Labute approximate surface area is 370 Å². The summed E-state index contributed by atoms with van der Waals surface area (Å²) in [7, 11) is 2.16. The smallest absolute Gasteiger partial charge is 0.299 e. The maximum atomic E-state index is 10.7. The minimum absolute atomic E-state index is 0.0523. The van der Waals surface area contributed by atoms with Crippen molar-refractivity contribution in [3.05, 3.63) is 82.5 Å². The maximum Gasteiger partial charge on any atom is 0.299 e. The summed E-state index contributed by atoms with van der Waals surface area (Å²) in [5.41, 5.74) is 12.3. The maximum absolute atomic E-state index is 10.7. The first-order valence-corrected chi connectivity index (χ1v) is 23.5. The van der Waals surface area contributed by atoms with Crippen LogP contribution in [0.4, 0.5) is 5.13 Å². The third-order valence-corrected chi connectivity index (χ3v) is 16.1. The Balaban J connectivity index is 0.00000261. The minimum atomic E-state index is -0.816. The van der Waals surface area contributed by atoms with Gasteiger partial charge in [0.1, 0.15) is 23.2 Å². The first-order chi connectivity index (χ1) is 29.6. The number of hydrogen-bond donors (Lipinski definition) is 6. The molecule has 14 heteroatoms. The number of para-hydroxylation sites is 1. The average Bonchev–Trinajstić information content (AvgIpc) is 3.89. The molecule has 9 rings (SSSR count). The number of likely N-dealkylation sites (tertiary alicyclic amines) is 1. The van der Waals surface area contributed by atoms with Crippen LogP contribution in [-0.4, -0.2) is 97.1 Å². The van der Waals surface area contributed by atoms with E-state index in [2.05, 4.69) is 52.7 Å². The van der Waals surface area contributed by atoms with E-state index in [-0.39, 0.29) is 39.6 Å². The summed E-state index contributed by atoms with van der Waals surface area (Å²) in [6.07, 6.45) is 15.9. The number of aromatic nitrogens is 3. The van der Waals surface area contributed by atoms with E-state index in [1.165, 1.54) is 24.2 Å². The summed E-state index contributed by atoms with van der Waals surface area (Å²) in [5.74, 6) is 0.385. The van der Waals surface area contributed by atoms with E-state index in [9.17, 15) is 20.7 Å². The van der Waals surface area contributed by atoms with Crippen LogP contribution in [0, 0.1) is 34.0 Å². The number of hydrogen-bond acceptors (Lipinski definition) is 11. The van der Waals surface area contributed by atoms with E-state index >= 15 is 0 Å². The number of nitrogens with one attached hydrogen (secondary N) is 2. The molecule has 13 nitrogen and oxygen atoms in total. The number of aliphatic hydroxyl groups is 3. The highest BCUT2D eigenvalue weighted by Gasteiger charge is 2.85. The Morgan fingerprint density at radius 2 is 1.85 bits per heavy atom. The molecule has 7 N–H and O–H groups in total. The van der Waals surface area contributed by atoms with Gasteiger partial charge in [-0.3, -0.25) is 10.1 Å². The molecule has 1 saturated heterocycles. The summed E-state index contributed by atoms with van der Waals surface area (Å²) in [4.78, 5) is 13.4. The molecule has 6 aliphatic rings. The molecule has 3 aromatic rings. The normalized spacial score (nSPS) is 30.8. The van der Waals surface area contributed by atoms with Crippen LogP contribution in [0.15, 0.2) is 76.2 Å². The van der Waals surface area contributed by atoms with Crippen LogP contribution in [-0.2, 0) is 11.3 Å². The molecule has 4 saturated carbocycles. The van der Waals surface area contributed by atoms with Gasteiger partial charge in [-0.25, -0.2) is 9.98 Å². The number of nitrogens with zero attached hydrogens (tertiary/aromatic N) is 6. The van der Waals surface area contributed by atoms with Gasteiger partial charge in [-0.1, -0.05) is 51.2 Å². The van der Waals surface area contributed by atoms with Crippen molar-refractivity contribution in [1.82, 2.24) is 29.9 Å². The zero-order chi connectivity index (χ0) is 44.2. The van der Waals surface area contributed by atoms with E-state index in [1.54, 1.807) is 0 Å². The van der Waals surface area contributed by atoms with Crippen LogP contribution in [0.25, 0.3) is 15.8 Å². The lowest BCUT2D eigenvalue weighted by Gasteiger charge is -2.64. The lowest BCUT2D eigenvalue weighted by Crippen LogP contribution is -2.65. The topological polar surface area (TPSA) is 181 Å². The number of amidine groups is 2. The number of ether oxygens (including phenoxy) is 1. The van der Waals surface area contributed by atoms with E-state index in [1.807, 2.05) is 68.3 Å². The highest BCUT2D eigenvalue weighted by atomic mass is 32.1. The first kappa shape index (κ1) is 44.1. The Bertz CT molecular complexity index is 2350. The zero-order valence-corrected chi connectivity index (χ0v) is 38.6. The van der Waals surface area contributed by atoms with Crippen molar-refractivity contribution >= 4 is 43.9 Å². The SMILES string of the molecule is CC.CC(=C1\CCCN(C2=CC=C(c3cnn(CC45CC67C[C@@](C)(C4)CC6(OCCN(C)CCCCO)C[C@@]7(C)C5)c3C)C(=C(O)O)N2)C1=N)/C(N)=N\c1nc2ccccc2s1. The van der Waals surface area contributed by atoms with Gasteiger partial charge < -0.3 is 40.9 Å². The fourth-order valence-electron chi connectivity index (χ4n) is 13.2. The molecule has 3 bridgehead atoms. The Kier molecular flexibility index (Phi) is 11.8. The number of unbranched alkanes of at least 4 members (excludes halogenated alkanes) is 1. The molecule has 2 aromatic heterocycles. The predicted octanol–water partition coefficient (Wildman–Crippen LogP) is 8.86. The number of allylic oxidation sites excluding steroid dienone is 3. The monoisotopic (exact) mass is 866 g/mol. The number of nitrogens with two attached hydrogens (primary N) is 1. The van der Waals surface area contributed by atoms with Crippen LogP contribution in [0.1, 0.15) is 110 Å². The number of benzene rings is 1. The number of thiazole rings is 1. The second-order valence-corrected chi connectivity index (χ2v) is 20.5. The van der Waals surface area contributed by atoms with Crippen LogP contribution >= 0.6 is 11.3 Å². The third-order valence-electron chi connectivity index (χ3n) is 15.2. The molecule has 4 aliphatic carbocycles. The Hall–Kier alpha value is -4.50. The molecule has 3 unspecified atom stereocenters. The second-order valence-electron chi connectivity index (χ2n) is 19.5. The molecule has 5 atom stereocenters. The molecule has 1 aromatic carbocycles. The van der Waals surface area contributed by atoms with E-state index in [4.69, 9.17) is 15.6 Å². The number of likely N-dealkylation sites (N-methyl/N-ethyl adjacent to an activating group) is 1. The molecular weight excluding hydrogens is 799 g/mol. The van der Waals surface area contributed by atoms with Gasteiger partial charge in [-0.2, -0.15) is 5.10 Å². The first-order valence-electron chi connectivity index (χ1n) is 22.7. The standard InChI is InChI=1S/C46H61N9O4S.C2H6/c1-29(38(47)52-41-50-34-12-6-7-13-35(34)60-41)31-11-10-17-54(39(31)48)36-15-14-32(37(51-36)40(57)58)33-21-49-55(30(33)2)28-44-22-42(3)23-45(27-44)43(4,25-44)26-46(45,24-42)59-20-18-53(5)16-8-9-19-56;1-2/h6-7,12-15,21,48,51,56-58H,8-11,16-20,22-28H2,1-5H3,(H2,47,50,52);1-2H3/b31-29-,48-39?;/t42-,43-,44?,45?,46?;/m1./s1. The highest BCUT2D eigenvalue weighted by Crippen LogP contribution is 2.88. The number of fused-ring (bicyclic) bond motifs is 3. The van der Waals surface area contributed by atoms with Crippen molar-refractivity contribution in [2.24, 2.45) is 32.4 Å². The van der Waals surface area contributed by atoms with Crippen LogP contribution in [0.3, 0.4) is 0 Å². The summed E-state index contributed by atoms with van der Waals surface area (Å²) in [6, 6.07) is 7.89. The van der Waals surface area contributed by atoms with Gasteiger partial charge in [0.15, 0.2) is 0 Å². The fourth-order valence-corrected chi connectivity index (χ4v) is 14.0. The van der Waals surface area contributed by atoms with Crippen LogP contribution in [0.2, 0.25) is 0 Å². The van der Waals surface area contributed by atoms with E-state index < -0.39 is 5.95 Å². The minimum Gasteiger partial charge on any atom is -0.480 e. The third kappa shape index (κ3) is 7.38. The Morgan fingerprint density at radius 3 is 2.61 bits per heavy atom. The zero-order valence-electron chi connectivity index (χ0n) is 37.8. The largest absolute Gasteiger partial charge is 0.480 e. The van der Waals surface area contributed by atoms with Gasteiger partial charge in [0.05, 0.1) is 28.6 Å². The predicted molar refractivity (Wildman–Crippen MR) is 248 cm³/mol. The molecule has 62 heavy (non-hydrogen) atoms. The molecule has 1 spiro atoms. The average molecular weight is 866 g/mol. The van der Waals surface area contributed by atoms with Crippen molar-refractivity contribution in [1.29, 1.82) is 5.41 Å². The van der Waals surface area contributed by atoms with Crippen molar-refractivity contribution in [2.45, 2.75) is 118 Å². The second kappa shape index (κ2) is 16.6. The fraction of sp³-hybridized carbons (Fsp3) is 0.583. The molecule has 2 aliphatic heterocycles. The van der Waals surface area contributed by atoms with Gasteiger partial charge in [0.2, 0.25) is 5.13 Å². The molecule has 5 fully saturated rings. The van der Waals surface area contributed by atoms with Crippen LogP contribution < -0.4 is 11.1 Å². The number of rotatable bonds is 14. The summed E-state index contributed by atoms with van der Waals surface area (Å²) in [5, 5.41) is 48.7. The number of aliphatic hydroxyl groups excluding tert-OH is 2. The van der Waals surface area contributed by atoms with Gasteiger partial charge in [-0.15, -0.1) is 0 Å². The van der Waals surface area contributed by atoms with Crippen molar-refractivity contribution in [2.75, 3.05) is 39.9 Å². The van der Waals surface area contributed by atoms with Gasteiger partial charge in [0.25, 0.3) is 5.95 Å². The lowest BCUT2D eigenvalue weighted by atomic mass is 9.44. The molecule has 4 heterocycles. The van der Waals surface area contributed by atoms with Gasteiger partial charge in [-0.05, 0) is 138 Å². The molecule has 0 amide bonds. The molecule has 334 valence electrons. The molecule has 0 radical (unpaired) electrons. The van der Waals surface area contributed by atoms with Crippen molar-refractivity contribution < 1.29 is 20.1 Å². The van der Waals surface area contributed by atoms with E-state index in [0.29, 0.717) is 41.2 Å². The quantitative estimate of drug-likeness (QED) is 0.0397. The number of dihydropyridines is 1.